The van der Waals surface area contributed by atoms with Crippen molar-refractivity contribution in [1.82, 2.24) is 20.0 Å². The largest absolute Gasteiger partial charge is 0.346 e. The number of hydrogen-bond acceptors (Lipinski definition) is 3. The van der Waals surface area contributed by atoms with Crippen molar-refractivity contribution in [3.05, 3.63) is 71.6 Å². The van der Waals surface area contributed by atoms with E-state index in [1.807, 2.05) is 20.8 Å². The van der Waals surface area contributed by atoms with Gasteiger partial charge in [-0.3, -0.25) is 14.0 Å². The predicted molar refractivity (Wildman–Crippen MR) is 100.0 cm³/mol. The van der Waals surface area contributed by atoms with Crippen molar-refractivity contribution in [3.8, 4) is 0 Å². The summed E-state index contributed by atoms with van der Waals surface area (Å²) in [5.41, 5.74) is 0.555. The molecule has 2 heterocycles. The fraction of sp³-hybridized carbons (Fsp3) is 0.250. The number of nitrogens with zero attached hydrogens (tertiary/aromatic N) is 2. The quantitative estimate of drug-likeness (QED) is 0.743. The summed E-state index contributed by atoms with van der Waals surface area (Å²) in [6.07, 6.45) is 1.67. The van der Waals surface area contributed by atoms with Gasteiger partial charge in [0.2, 0.25) is 5.82 Å². The molecule has 6 nitrogen and oxygen atoms in total. The molecular formula is C20H21FN4O2. The second-order valence-electron chi connectivity index (χ2n) is 7.22. The van der Waals surface area contributed by atoms with Crippen LogP contribution in [0.25, 0.3) is 5.52 Å². The van der Waals surface area contributed by atoms with E-state index in [0.29, 0.717) is 11.1 Å². The van der Waals surface area contributed by atoms with Crippen molar-refractivity contribution in [2.24, 2.45) is 0 Å². The molecule has 3 aromatic rings. The van der Waals surface area contributed by atoms with Crippen LogP contribution in [0.3, 0.4) is 0 Å². The summed E-state index contributed by atoms with van der Waals surface area (Å²) in [6.45, 7) is 5.62. The second-order valence-corrected chi connectivity index (χ2v) is 7.22. The number of aromatic nitrogens is 2. The van der Waals surface area contributed by atoms with Crippen LogP contribution in [0.2, 0.25) is 0 Å². The van der Waals surface area contributed by atoms with E-state index in [9.17, 15) is 14.0 Å². The molecule has 1 aromatic carbocycles. The van der Waals surface area contributed by atoms with Gasteiger partial charge in [0, 0.05) is 23.8 Å². The summed E-state index contributed by atoms with van der Waals surface area (Å²) in [5, 5.41) is 5.50. The van der Waals surface area contributed by atoms with Gasteiger partial charge in [-0.15, -0.1) is 0 Å². The number of imidazole rings is 1. The van der Waals surface area contributed by atoms with Gasteiger partial charge in [-0.05, 0) is 39.0 Å². The summed E-state index contributed by atoms with van der Waals surface area (Å²) in [5.74, 6) is -1.12. The zero-order chi connectivity index (χ0) is 19.6. The van der Waals surface area contributed by atoms with Gasteiger partial charge >= 0.3 is 0 Å². The zero-order valence-corrected chi connectivity index (χ0v) is 15.4. The summed E-state index contributed by atoms with van der Waals surface area (Å²) in [6, 6.07) is 11.4. The van der Waals surface area contributed by atoms with Gasteiger partial charge in [-0.25, -0.2) is 9.37 Å². The number of carbonyl (C=O) groups excluding carboxylic acids is 2. The van der Waals surface area contributed by atoms with Crippen LogP contribution in [0, 0.1) is 5.82 Å². The fourth-order valence-corrected chi connectivity index (χ4v) is 2.66. The third-order valence-electron chi connectivity index (χ3n) is 3.85. The first-order valence-electron chi connectivity index (χ1n) is 8.57. The molecule has 0 bridgehead atoms. The lowest BCUT2D eigenvalue weighted by molar-refractivity contribution is 0.0908. The van der Waals surface area contributed by atoms with Crippen molar-refractivity contribution in [3.63, 3.8) is 0 Å². The third-order valence-corrected chi connectivity index (χ3v) is 3.85. The molecule has 0 radical (unpaired) electrons. The van der Waals surface area contributed by atoms with E-state index in [1.54, 1.807) is 47.0 Å². The van der Waals surface area contributed by atoms with E-state index in [0.717, 1.165) is 0 Å². The fourth-order valence-electron chi connectivity index (χ4n) is 2.66. The van der Waals surface area contributed by atoms with E-state index in [2.05, 4.69) is 15.6 Å². The molecule has 0 aliphatic carbocycles. The molecule has 3 rings (SSSR count). The van der Waals surface area contributed by atoms with Crippen molar-refractivity contribution < 1.29 is 14.0 Å². The molecule has 0 spiro atoms. The van der Waals surface area contributed by atoms with Gasteiger partial charge in [0.15, 0.2) is 5.69 Å². The molecule has 0 saturated heterocycles. The summed E-state index contributed by atoms with van der Waals surface area (Å²) >= 11 is 0. The number of hydrogen-bond donors (Lipinski definition) is 2. The maximum absolute atomic E-state index is 13.7. The summed E-state index contributed by atoms with van der Waals surface area (Å²) < 4.78 is 15.3. The molecule has 7 heteroatoms. The van der Waals surface area contributed by atoms with Gasteiger partial charge in [0.05, 0.1) is 5.52 Å². The number of nitrogens with one attached hydrogen (secondary N) is 2. The van der Waals surface area contributed by atoms with Crippen LogP contribution in [0.4, 0.5) is 4.39 Å². The SMILES string of the molecule is CC(C)(C)NC(=O)c1nc(C(=O)NCc2ccccc2F)c2ccccn12. The first kappa shape index (κ1) is 18.6. The second kappa shape index (κ2) is 7.19. The van der Waals surface area contributed by atoms with Gasteiger partial charge in [-0.2, -0.15) is 0 Å². The van der Waals surface area contributed by atoms with Crippen molar-refractivity contribution >= 4 is 17.3 Å². The Morgan fingerprint density at radius 1 is 1.07 bits per heavy atom. The Balaban J connectivity index is 1.89. The molecule has 2 N–H and O–H groups in total. The average molecular weight is 368 g/mol. The Hall–Kier alpha value is -3.22. The van der Waals surface area contributed by atoms with E-state index in [4.69, 9.17) is 0 Å². The predicted octanol–water partition coefficient (Wildman–Crippen LogP) is 2.93. The summed E-state index contributed by atoms with van der Waals surface area (Å²) in [4.78, 5) is 29.4. The van der Waals surface area contributed by atoms with Gasteiger partial charge in [-0.1, -0.05) is 24.3 Å². The van der Waals surface area contributed by atoms with Crippen LogP contribution in [0.15, 0.2) is 48.7 Å². The van der Waals surface area contributed by atoms with Gasteiger partial charge < -0.3 is 10.6 Å². The van der Waals surface area contributed by atoms with E-state index in [1.165, 1.54) is 6.07 Å². The van der Waals surface area contributed by atoms with Crippen LogP contribution < -0.4 is 10.6 Å². The van der Waals surface area contributed by atoms with Crippen LogP contribution in [-0.2, 0) is 6.54 Å². The maximum Gasteiger partial charge on any atom is 0.288 e. The third kappa shape index (κ3) is 4.13. The molecule has 0 aliphatic heterocycles. The number of fused-ring (bicyclic) bond motifs is 1. The maximum atomic E-state index is 13.7. The Morgan fingerprint density at radius 3 is 2.48 bits per heavy atom. The first-order chi connectivity index (χ1) is 12.8. The lowest BCUT2D eigenvalue weighted by Crippen LogP contribution is -2.41. The number of amides is 2. The highest BCUT2D eigenvalue weighted by molar-refractivity contribution is 6.02. The Kier molecular flexibility index (Phi) is 4.94. The minimum Gasteiger partial charge on any atom is -0.346 e. The molecule has 2 amide bonds. The van der Waals surface area contributed by atoms with Crippen molar-refractivity contribution in [2.75, 3.05) is 0 Å². The number of rotatable bonds is 4. The normalized spacial score (nSPS) is 11.4. The van der Waals surface area contributed by atoms with Gasteiger partial charge in [0.25, 0.3) is 11.8 Å². The first-order valence-corrected chi connectivity index (χ1v) is 8.57. The molecule has 0 unspecified atom stereocenters. The molecular weight excluding hydrogens is 347 g/mol. The highest BCUT2D eigenvalue weighted by atomic mass is 19.1. The topological polar surface area (TPSA) is 75.5 Å². The van der Waals surface area contributed by atoms with Crippen LogP contribution >= 0.6 is 0 Å². The minimum atomic E-state index is -0.475. The Bertz CT molecular complexity index is 1000. The van der Waals surface area contributed by atoms with Crippen LogP contribution in [0.5, 0.6) is 0 Å². The molecule has 0 fully saturated rings. The standard InChI is InChI=1S/C20H21FN4O2/c1-20(2,3)24-19(27)17-23-16(15-10-6-7-11-25(15)17)18(26)22-12-13-8-4-5-9-14(13)21/h4-11H,12H2,1-3H3,(H,22,26)(H,24,27). The van der Waals surface area contributed by atoms with E-state index < -0.39 is 17.3 Å². The van der Waals surface area contributed by atoms with Gasteiger partial charge in [0.1, 0.15) is 5.82 Å². The Morgan fingerprint density at radius 2 is 1.78 bits per heavy atom. The number of benzene rings is 1. The number of pyridine rings is 1. The Labute approximate surface area is 156 Å². The van der Waals surface area contributed by atoms with E-state index in [-0.39, 0.29) is 24.0 Å². The van der Waals surface area contributed by atoms with E-state index >= 15 is 0 Å². The minimum absolute atomic E-state index is 0.0287. The number of halogens is 1. The molecule has 2 aromatic heterocycles. The van der Waals surface area contributed by atoms with Crippen molar-refractivity contribution in [2.45, 2.75) is 32.9 Å². The summed E-state index contributed by atoms with van der Waals surface area (Å²) in [7, 11) is 0. The lowest BCUT2D eigenvalue weighted by Gasteiger charge is -2.19. The molecule has 0 saturated carbocycles. The highest BCUT2D eigenvalue weighted by Crippen LogP contribution is 2.15. The molecule has 0 aliphatic rings. The van der Waals surface area contributed by atoms with Crippen LogP contribution in [0.1, 0.15) is 47.4 Å². The van der Waals surface area contributed by atoms with Crippen LogP contribution in [-0.4, -0.2) is 26.7 Å². The highest BCUT2D eigenvalue weighted by Gasteiger charge is 2.24. The molecule has 140 valence electrons. The van der Waals surface area contributed by atoms with Crippen molar-refractivity contribution in [1.29, 1.82) is 0 Å². The molecule has 27 heavy (non-hydrogen) atoms. The lowest BCUT2D eigenvalue weighted by atomic mass is 10.1. The zero-order valence-electron chi connectivity index (χ0n) is 15.4. The smallest absolute Gasteiger partial charge is 0.288 e. The number of carbonyl (C=O) groups is 2. The monoisotopic (exact) mass is 368 g/mol. The molecule has 0 atom stereocenters. The average Bonchev–Trinajstić information content (AvgIpc) is 2.99.